The van der Waals surface area contributed by atoms with E-state index in [-0.39, 0.29) is 17.9 Å². The van der Waals surface area contributed by atoms with E-state index in [0.29, 0.717) is 32.4 Å². The molecule has 1 heterocycles. The van der Waals surface area contributed by atoms with Crippen LogP contribution >= 0.6 is 0 Å². The molecule has 1 N–H and O–H groups in total. The van der Waals surface area contributed by atoms with Crippen LogP contribution in [0.2, 0.25) is 0 Å². The smallest absolute Gasteiger partial charge is 0.227 e. The second-order valence-electron chi connectivity index (χ2n) is 10.8. The molecule has 0 saturated carbocycles. The van der Waals surface area contributed by atoms with Crippen molar-refractivity contribution in [3.8, 4) is 5.75 Å². The maximum absolute atomic E-state index is 13.6. The first-order valence-corrected chi connectivity index (χ1v) is 14.5. The summed E-state index contributed by atoms with van der Waals surface area (Å²) in [5.74, 6) is 0.940. The van der Waals surface area contributed by atoms with Gasteiger partial charge in [-0.25, -0.2) is 0 Å². The van der Waals surface area contributed by atoms with E-state index in [1.807, 2.05) is 90.6 Å². The third kappa shape index (κ3) is 8.68. The summed E-state index contributed by atoms with van der Waals surface area (Å²) in [6.07, 6.45) is 5.82. The van der Waals surface area contributed by atoms with E-state index in [1.165, 1.54) is 17.5 Å². The second kappa shape index (κ2) is 15.2. The highest BCUT2D eigenvalue weighted by atomic mass is 16.5. The molecular weight excluding hydrogens is 498 g/mol. The van der Waals surface area contributed by atoms with Crippen molar-refractivity contribution in [2.45, 2.75) is 64.1 Å². The monoisotopic (exact) mass is 541 g/mol. The number of benzene rings is 3. The summed E-state index contributed by atoms with van der Waals surface area (Å²) in [6.45, 7) is 2.84. The molecule has 0 bridgehead atoms. The van der Waals surface area contributed by atoms with Gasteiger partial charge in [0.2, 0.25) is 11.8 Å². The van der Waals surface area contributed by atoms with Gasteiger partial charge in [0, 0.05) is 32.6 Å². The number of hydrogen-bond donors (Lipinski definition) is 1. The Bertz CT molecular complexity index is 1210. The Morgan fingerprint density at radius 1 is 0.875 bits per heavy atom. The van der Waals surface area contributed by atoms with Gasteiger partial charge in [-0.05, 0) is 67.2 Å². The van der Waals surface area contributed by atoms with Gasteiger partial charge >= 0.3 is 0 Å². The van der Waals surface area contributed by atoms with E-state index in [1.54, 1.807) is 0 Å². The predicted molar refractivity (Wildman–Crippen MR) is 160 cm³/mol. The topological polar surface area (TPSA) is 61.9 Å². The molecule has 4 rings (SSSR count). The normalized spacial score (nSPS) is 14.4. The van der Waals surface area contributed by atoms with Crippen molar-refractivity contribution < 1.29 is 14.3 Å². The fourth-order valence-electron chi connectivity index (χ4n) is 5.27. The lowest BCUT2D eigenvalue weighted by molar-refractivity contribution is -0.137. The van der Waals surface area contributed by atoms with E-state index in [4.69, 9.17) is 4.74 Å². The van der Waals surface area contributed by atoms with Gasteiger partial charge in [0.05, 0.1) is 6.42 Å². The van der Waals surface area contributed by atoms with Gasteiger partial charge in [0.15, 0.2) is 0 Å². The molecule has 6 heteroatoms. The van der Waals surface area contributed by atoms with Crippen molar-refractivity contribution in [3.63, 3.8) is 0 Å². The number of fused-ring (bicyclic) bond motifs is 1. The lowest BCUT2D eigenvalue weighted by Gasteiger charge is -2.37. The molecule has 1 atom stereocenters. The first-order valence-electron chi connectivity index (χ1n) is 14.5. The number of carbonyl (C=O) groups is 2. The molecule has 0 radical (unpaired) electrons. The molecule has 0 spiro atoms. The highest BCUT2D eigenvalue weighted by Crippen LogP contribution is 2.27. The number of ether oxygens (including phenoxy) is 1. The number of rotatable bonds is 14. The quantitative estimate of drug-likeness (QED) is 0.278. The zero-order valence-corrected chi connectivity index (χ0v) is 24.0. The van der Waals surface area contributed by atoms with Crippen LogP contribution in [0.5, 0.6) is 5.75 Å². The minimum absolute atomic E-state index is 0.0532. The number of hydrogen-bond acceptors (Lipinski definition) is 4. The summed E-state index contributed by atoms with van der Waals surface area (Å²) in [6, 6.07) is 26.0. The van der Waals surface area contributed by atoms with Crippen LogP contribution in [0.25, 0.3) is 0 Å². The average molecular weight is 542 g/mol. The van der Waals surface area contributed by atoms with Gasteiger partial charge in [-0.2, -0.15) is 0 Å². The van der Waals surface area contributed by atoms with Crippen LogP contribution < -0.4 is 10.1 Å². The summed E-state index contributed by atoms with van der Waals surface area (Å²) < 4.78 is 5.90. The SMILES string of the molecule is CNCCCCCCN(C)C(=O)CC1Cc2ccccc2CN1C(=O)Cc1ccc(OCc2ccccc2)cc1. The maximum atomic E-state index is 13.6. The molecule has 0 aromatic heterocycles. The minimum Gasteiger partial charge on any atom is -0.489 e. The molecule has 2 amide bonds. The Balaban J connectivity index is 1.34. The van der Waals surface area contributed by atoms with E-state index in [2.05, 4.69) is 17.4 Å². The van der Waals surface area contributed by atoms with Gasteiger partial charge in [0.1, 0.15) is 12.4 Å². The zero-order chi connectivity index (χ0) is 28.2. The van der Waals surface area contributed by atoms with E-state index >= 15 is 0 Å². The van der Waals surface area contributed by atoms with Crippen LogP contribution in [-0.4, -0.2) is 54.8 Å². The first kappa shape index (κ1) is 29.3. The fourth-order valence-corrected chi connectivity index (χ4v) is 5.27. The van der Waals surface area contributed by atoms with Gasteiger partial charge in [-0.15, -0.1) is 0 Å². The fraction of sp³-hybridized carbons (Fsp3) is 0.412. The van der Waals surface area contributed by atoms with Crippen LogP contribution in [0, 0.1) is 0 Å². The Kier molecular flexibility index (Phi) is 11.2. The van der Waals surface area contributed by atoms with Gasteiger partial charge < -0.3 is 19.9 Å². The van der Waals surface area contributed by atoms with Gasteiger partial charge in [-0.3, -0.25) is 9.59 Å². The molecule has 3 aromatic carbocycles. The minimum atomic E-state index is -0.138. The third-order valence-electron chi connectivity index (χ3n) is 7.71. The number of nitrogens with zero attached hydrogens (tertiary/aromatic N) is 2. The molecule has 3 aromatic rings. The number of unbranched alkanes of at least 4 members (excludes halogenated alkanes) is 3. The molecule has 0 fully saturated rings. The van der Waals surface area contributed by atoms with Gasteiger partial charge in [-0.1, -0.05) is 79.6 Å². The lowest BCUT2D eigenvalue weighted by atomic mass is 9.91. The van der Waals surface area contributed by atoms with Crippen molar-refractivity contribution in [3.05, 3.63) is 101 Å². The van der Waals surface area contributed by atoms with E-state index in [9.17, 15) is 9.59 Å². The summed E-state index contributed by atoms with van der Waals surface area (Å²) in [5, 5.41) is 3.18. The number of amides is 2. The number of carbonyl (C=O) groups excluding carboxylic acids is 2. The van der Waals surface area contributed by atoms with Crippen LogP contribution in [-0.2, 0) is 35.6 Å². The second-order valence-corrected chi connectivity index (χ2v) is 10.8. The summed E-state index contributed by atoms with van der Waals surface area (Å²) in [5.41, 5.74) is 4.45. The summed E-state index contributed by atoms with van der Waals surface area (Å²) in [7, 11) is 3.86. The highest BCUT2D eigenvalue weighted by Gasteiger charge is 2.31. The highest BCUT2D eigenvalue weighted by molar-refractivity contribution is 5.82. The van der Waals surface area contributed by atoms with Crippen LogP contribution in [0.1, 0.15) is 54.4 Å². The molecule has 6 nitrogen and oxygen atoms in total. The molecule has 212 valence electrons. The van der Waals surface area contributed by atoms with Crippen LogP contribution in [0.4, 0.5) is 0 Å². The Hall–Kier alpha value is -3.64. The summed E-state index contributed by atoms with van der Waals surface area (Å²) >= 11 is 0. The molecule has 1 unspecified atom stereocenters. The third-order valence-corrected chi connectivity index (χ3v) is 7.71. The average Bonchev–Trinajstić information content (AvgIpc) is 2.98. The van der Waals surface area contributed by atoms with Crippen molar-refractivity contribution in [2.75, 3.05) is 27.2 Å². The Morgan fingerprint density at radius 3 is 2.33 bits per heavy atom. The number of nitrogens with one attached hydrogen (secondary N) is 1. The predicted octanol–water partition coefficient (Wildman–Crippen LogP) is 5.39. The standard InChI is InChI=1S/C34H43N3O3/c1-35-20-10-3-4-11-21-36(2)33(38)24-31-23-29-14-8-9-15-30(29)25-37(31)34(39)22-27-16-18-32(19-17-27)40-26-28-12-6-5-7-13-28/h5-9,12-19,31,35H,3-4,10-11,20-26H2,1-2H3. The molecule has 1 aliphatic heterocycles. The largest absolute Gasteiger partial charge is 0.489 e. The van der Waals surface area contributed by atoms with Gasteiger partial charge in [0.25, 0.3) is 0 Å². The molecular formula is C34H43N3O3. The summed E-state index contributed by atoms with van der Waals surface area (Å²) in [4.78, 5) is 30.5. The van der Waals surface area contributed by atoms with Crippen molar-refractivity contribution in [1.82, 2.24) is 15.1 Å². The molecule has 0 aliphatic carbocycles. The molecule has 1 aliphatic rings. The van der Waals surface area contributed by atoms with Crippen molar-refractivity contribution in [2.24, 2.45) is 0 Å². The molecule has 40 heavy (non-hydrogen) atoms. The van der Waals surface area contributed by atoms with Crippen molar-refractivity contribution in [1.29, 1.82) is 0 Å². The Morgan fingerprint density at radius 2 is 1.57 bits per heavy atom. The lowest BCUT2D eigenvalue weighted by Crippen LogP contribution is -2.47. The van der Waals surface area contributed by atoms with Crippen LogP contribution in [0.3, 0.4) is 0 Å². The van der Waals surface area contributed by atoms with E-state index in [0.717, 1.165) is 49.2 Å². The Labute approximate surface area is 239 Å². The van der Waals surface area contributed by atoms with E-state index < -0.39 is 0 Å². The van der Waals surface area contributed by atoms with Crippen LogP contribution in [0.15, 0.2) is 78.9 Å². The zero-order valence-electron chi connectivity index (χ0n) is 24.0. The van der Waals surface area contributed by atoms with Crippen molar-refractivity contribution >= 4 is 11.8 Å². The molecule has 0 saturated heterocycles. The maximum Gasteiger partial charge on any atom is 0.227 e. The first-order chi connectivity index (χ1) is 19.5.